The number of aliphatic imine (C=N–C) groups is 1. The lowest BCUT2D eigenvalue weighted by Gasteiger charge is -2.30. The summed E-state index contributed by atoms with van der Waals surface area (Å²) in [5.74, 6) is -0.0689. The first-order chi connectivity index (χ1) is 13.9. The van der Waals surface area contributed by atoms with E-state index in [-0.39, 0.29) is 24.8 Å². The second-order valence-electron chi connectivity index (χ2n) is 6.96. The maximum absolute atomic E-state index is 12.9. The molecule has 1 heterocycles. The van der Waals surface area contributed by atoms with Gasteiger partial charge in [-0.1, -0.05) is 23.9 Å². The highest BCUT2D eigenvalue weighted by atomic mass is 32.2. The highest BCUT2D eigenvalue weighted by Gasteiger charge is 2.29. The number of carbonyl (C=O) groups is 2. The fourth-order valence-electron chi connectivity index (χ4n) is 3.04. The second kappa shape index (κ2) is 9.09. The molecule has 0 aliphatic carbocycles. The van der Waals surface area contributed by atoms with Gasteiger partial charge in [0.05, 0.1) is 5.54 Å². The number of nitrogens with two attached hydrogens (primary N) is 1. The molecule has 2 amide bonds. The largest absolute Gasteiger partial charge is 0.379 e. The normalized spacial score (nSPS) is 18.6. The third kappa shape index (κ3) is 5.57. The predicted molar refractivity (Wildman–Crippen MR) is 114 cm³/mol. The lowest BCUT2D eigenvalue weighted by atomic mass is 9.89. The summed E-state index contributed by atoms with van der Waals surface area (Å²) in [6.45, 7) is 2.21. The number of amides is 2. The minimum absolute atomic E-state index is 0.121. The molecule has 0 saturated heterocycles. The van der Waals surface area contributed by atoms with E-state index in [0.29, 0.717) is 16.4 Å². The smallest absolute Gasteiger partial charge is 0.251 e. The average Bonchev–Trinajstić information content (AvgIpc) is 2.68. The molecule has 1 atom stereocenters. The van der Waals surface area contributed by atoms with Gasteiger partial charge in [-0.05, 0) is 55.3 Å². The van der Waals surface area contributed by atoms with Gasteiger partial charge in [-0.15, -0.1) is 0 Å². The van der Waals surface area contributed by atoms with Gasteiger partial charge in [0, 0.05) is 30.0 Å². The zero-order valence-corrected chi connectivity index (χ0v) is 16.9. The summed E-state index contributed by atoms with van der Waals surface area (Å²) < 4.78 is 12.9. The molecule has 0 bridgehead atoms. The summed E-state index contributed by atoms with van der Waals surface area (Å²) >= 11 is 1.55. The molecule has 2 aromatic carbocycles. The van der Waals surface area contributed by atoms with Crippen molar-refractivity contribution < 1.29 is 14.0 Å². The molecule has 4 N–H and O–H groups in total. The minimum atomic E-state index is -0.405. The molecule has 152 valence electrons. The van der Waals surface area contributed by atoms with Crippen LogP contribution in [-0.4, -0.2) is 29.3 Å². The number of benzene rings is 2. The summed E-state index contributed by atoms with van der Waals surface area (Å²) in [4.78, 5) is 28.8. The van der Waals surface area contributed by atoms with Gasteiger partial charge in [0.1, 0.15) is 5.82 Å². The standard InChI is InChI=1S/C21H23FN4O2S/c1-21(10-12-29-20(23)26-21)15-3-2-4-17(13-15)25-18(27)9-11-24-19(28)14-5-7-16(22)8-6-14/h2-8,13H,9-12H2,1H3,(H2,23,26)(H,24,28)(H,25,27). The summed E-state index contributed by atoms with van der Waals surface area (Å²) in [6, 6.07) is 12.8. The van der Waals surface area contributed by atoms with Gasteiger partial charge < -0.3 is 16.4 Å². The Hall–Kier alpha value is -2.87. The quantitative estimate of drug-likeness (QED) is 0.676. The molecule has 0 spiro atoms. The molecule has 1 unspecified atom stereocenters. The number of anilines is 1. The van der Waals surface area contributed by atoms with E-state index in [4.69, 9.17) is 5.73 Å². The first-order valence-corrected chi connectivity index (χ1v) is 10.3. The zero-order chi connectivity index (χ0) is 20.9. The van der Waals surface area contributed by atoms with Crippen molar-refractivity contribution in [2.45, 2.75) is 25.3 Å². The molecule has 6 nitrogen and oxygen atoms in total. The Morgan fingerprint density at radius 1 is 1.24 bits per heavy atom. The third-order valence-electron chi connectivity index (χ3n) is 4.71. The van der Waals surface area contributed by atoms with Crippen LogP contribution in [0.15, 0.2) is 53.5 Å². The van der Waals surface area contributed by atoms with E-state index in [1.165, 1.54) is 24.3 Å². The highest BCUT2D eigenvalue weighted by molar-refractivity contribution is 8.13. The Balaban J connectivity index is 1.54. The summed E-state index contributed by atoms with van der Waals surface area (Å²) in [7, 11) is 0. The van der Waals surface area contributed by atoms with E-state index < -0.39 is 11.4 Å². The van der Waals surface area contributed by atoms with Crippen molar-refractivity contribution in [1.29, 1.82) is 0 Å². The van der Waals surface area contributed by atoms with Gasteiger partial charge in [-0.3, -0.25) is 14.6 Å². The molecular formula is C21H23FN4O2S. The van der Waals surface area contributed by atoms with Crippen molar-refractivity contribution in [3.05, 3.63) is 65.5 Å². The molecule has 29 heavy (non-hydrogen) atoms. The number of nitrogens with one attached hydrogen (secondary N) is 2. The van der Waals surface area contributed by atoms with E-state index in [1.54, 1.807) is 11.8 Å². The number of amidine groups is 1. The lowest BCUT2D eigenvalue weighted by Crippen LogP contribution is -2.29. The van der Waals surface area contributed by atoms with Crippen LogP contribution in [0.4, 0.5) is 10.1 Å². The SMILES string of the molecule is CC1(c2cccc(NC(=O)CCNC(=O)c3ccc(F)cc3)c2)CCSC(N)=N1. The van der Waals surface area contributed by atoms with E-state index >= 15 is 0 Å². The van der Waals surface area contributed by atoms with Gasteiger partial charge in [-0.2, -0.15) is 0 Å². The van der Waals surface area contributed by atoms with Crippen LogP contribution < -0.4 is 16.4 Å². The first-order valence-electron chi connectivity index (χ1n) is 9.28. The highest BCUT2D eigenvalue weighted by Crippen LogP contribution is 2.35. The van der Waals surface area contributed by atoms with Gasteiger partial charge in [0.25, 0.3) is 5.91 Å². The van der Waals surface area contributed by atoms with Crippen LogP contribution in [0.2, 0.25) is 0 Å². The number of thioether (sulfide) groups is 1. The maximum Gasteiger partial charge on any atom is 0.251 e. The van der Waals surface area contributed by atoms with E-state index in [2.05, 4.69) is 15.6 Å². The fraction of sp³-hybridized carbons (Fsp3) is 0.286. The van der Waals surface area contributed by atoms with Gasteiger partial charge in [0.2, 0.25) is 5.91 Å². The molecule has 8 heteroatoms. The van der Waals surface area contributed by atoms with Crippen molar-refractivity contribution in [2.24, 2.45) is 10.7 Å². The van der Waals surface area contributed by atoms with Crippen LogP contribution in [-0.2, 0) is 10.3 Å². The fourth-order valence-corrected chi connectivity index (χ4v) is 4.02. The van der Waals surface area contributed by atoms with Crippen LogP contribution in [0, 0.1) is 5.82 Å². The zero-order valence-electron chi connectivity index (χ0n) is 16.1. The molecule has 0 aromatic heterocycles. The van der Waals surface area contributed by atoms with Crippen molar-refractivity contribution in [1.82, 2.24) is 5.32 Å². The van der Waals surface area contributed by atoms with Crippen molar-refractivity contribution >= 4 is 34.4 Å². The Labute approximate surface area is 173 Å². The van der Waals surface area contributed by atoms with E-state index in [9.17, 15) is 14.0 Å². The monoisotopic (exact) mass is 414 g/mol. The van der Waals surface area contributed by atoms with Gasteiger partial charge in [0.15, 0.2) is 5.17 Å². The molecule has 1 aliphatic rings. The van der Waals surface area contributed by atoms with E-state index in [1.807, 2.05) is 31.2 Å². The van der Waals surface area contributed by atoms with Crippen LogP contribution in [0.5, 0.6) is 0 Å². The predicted octanol–water partition coefficient (Wildman–Crippen LogP) is 3.25. The number of rotatable bonds is 6. The Morgan fingerprint density at radius 3 is 2.72 bits per heavy atom. The molecule has 1 aliphatic heterocycles. The molecular weight excluding hydrogens is 391 g/mol. The third-order valence-corrected chi connectivity index (χ3v) is 5.50. The maximum atomic E-state index is 12.9. The molecule has 2 aromatic rings. The average molecular weight is 415 g/mol. The number of nitrogens with zero attached hydrogens (tertiary/aromatic N) is 1. The number of hydrogen-bond acceptors (Lipinski definition) is 5. The van der Waals surface area contributed by atoms with Crippen LogP contribution in [0.1, 0.15) is 35.7 Å². The topological polar surface area (TPSA) is 96.6 Å². The summed E-state index contributed by atoms with van der Waals surface area (Å²) in [5, 5.41) is 6.07. The van der Waals surface area contributed by atoms with Crippen molar-refractivity contribution in [3.63, 3.8) is 0 Å². The molecule has 0 saturated carbocycles. The van der Waals surface area contributed by atoms with E-state index in [0.717, 1.165) is 17.7 Å². The Bertz CT molecular complexity index is 933. The molecule has 0 radical (unpaired) electrons. The second-order valence-corrected chi connectivity index (χ2v) is 8.08. The van der Waals surface area contributed by atoms with Crippen molar-refractivity contribution in [2.75, 3.05) is 17.6 Å². The van der Waals surface area contributed by atoms with Crippen LogP contribution in [0.25, 0.3) is 0 Å². The van der Waals surface area contributed by atoms with Gasteiger partial charge in [-0.25, -0.2) is 4.39 Å². The number of carbonyl (C=O) groups excluding carboxylic acids is 2. The first kappa shape index (κ1) is 20.9. The number of hydrogen-bond donors (Lipinski definition) is 3. The Morgan fingerprint density at radius 2 is 2.00 bits per heavy atom. The summed E-state index contributed by atoms with van der Waals surface area (Å²) in [5.41, 5.74) is 7.49. The van der Waals surface area contributed by atoms with Crippen LogP contribution in [0.3, 0.4) is 0 Å². The van der Waals surface area contributed by atoms with Crippen LogP contribution >= 0.6 is 11.8 Å². The van der Waals surface area contributed by atoms with Gasteiger partial charge >= 0.3 is 0 Å². The number of halogens is 1. The summed E-state index contributed by atoms with van der Waals surface area (Å²) in [6.07, 6.45) is 0.987. The minimum Gasteiger partial charge on any atom is -0.379 e. The Kier molecular flexibility index (Phi) is 6.53. The molecule has 3 rings (SSSR count). The van der Waals surface area contributed by atoms with Crippen molar-refractivity contribution in [3.8, 4) is 0 Å². The lowest BCUT2D eigenvalue weighted by molar-refractivity contribution is -0.116. The molecule has 0 fully saturated rings.